The molecule has 2 aliphatic heterocycles. The molecule has 3 atom stereocenters. The van der Waals surface area contributed by atoms with Crippen molar-refractivity contribution < 1.29 is 26.9 Å². The number of nitrogens with zero attached hydrogens (tertiary/aromatic N) is 3. The van der Waals surface area contributed by atoms with Crippen LogP contribution >= 0.6 is 0 Å². The fourth-order valence-corrected chi connectivity index (χ4v) is 7.61. The van der Waals surface area contributed by atoms with Crippen molar-refractivity contribution in [2.24, 2.45) is 15.1 Å². The number of benzene rings is 1. The summed E-state index contributed by atoms with van der Waals surface area (Å²) in [4.78, 5) is 21.2. The maximum absolute atomic E-state index is 15.1. The molecule has 1 aromatic carbocycles. The first-order valence-electron chi connectivity index (χ1n) is 10.9. The lowest BCUT2D eigenvalue weighted by Crippen LogP contribution is -2.58. The SMILES string of the molecule is CC1(C)C(N)=N[C@](C)(c2cc(NC(=O)c3ccc(OCC(F)F)cn3)ccc2F)[C@@H]2CCN=S21=O. The second-order valence-electron chi connectivity index (χ2n) is 9.08. The molecule has 35 heavy (non-hydrogen) atoms. The van der Waals surface area contributed by atoms with Crippen molar-refractivity contribution in [2.75, 3.05) is 18.5 Å². The average molecular weight is 510 g/mol. The molecule has 0 saturated carbocycles. The number of amides is 1. The predicted octanol–water partition coefficient (Wildman–Crippen LogP) is 3.72. The van der Waals surface area contributed by atoms with E-state index in [4.69, 9.17) is 10.5 Å². The second kappa shape index (κ2) is 8.81. The molecule has 0 spiro atoms. The zero-order chi connectivity index (χ0) is 25.6. The van der Waals surface area contributed by atoms with Crippen LogP contribution in [0.2, 0.25) is 0 Å². The Labute approximate surface area is 201 Å². The van der Waals surface area contributed by atoms with Gasteiger partial charge in [-0.15, -0.1) is 0 Å². The predicted molar refractivity (Wildman–Crippen MR) is 127 cm³/mol. The highest BCUT2D eigenvalue weighted by Gasteiger charge is 2.56. The Morgan fingerprint density at radius 3 is 2.69 bits per heavy atom. The molecule has 0 radical (unpaired) electrons. The minimum absolute atomic E-state index is 0.00535. The summed E-state index contributed by atoms with van der Waals surface area (Å²) in [6.07, 6.45) is -1.00. The number of fused-ring (bicyclic) bond motifs is 1. The van der Waals surface area contributed by atoms with Crippen LogP contribution in [0.1, 0.15) is 43.2 Å². The number of hydrogen-bond donors (Lipinski definition) is 2. The number of nitrogens with one attached hydrogen (secondary N) is 1. The van der Waals surface area contributed by atoms with Gasteiger partial charge in [0.1, 0.15) is 40.0 Å². The third-order valence-electron chi connectivity index (χ3n) is 6.50. The van der Waals surface area contributed by atoms with Gasteiger partial charge in [0.05, 0.1) is 21.2 Å². The summed E-state index contributed by atoms with van der Waals surface area (Å²) >= 11 is 0. The number of rotatable bonds is 6. The van der Waals surface area contributed by atoms with E-state index in [-0.39, 0.29) is 28.5 Å². The van der Waals surface area contributed by atoms with Crippen LogP contribution in [-0.4, -0.2) is 50.5 Å². The number of halogens is 3. The van der Waals surface area contributed by atoms with Crippen LogP contribution in [0.4, 0.5) is 18.9 Å². The maximum atomic E-state index is 15.1. The van der Waals surface area contributed by atoms with Crippen LogP contribution in [-0.2, 0) is 15.3 Å². The number of carbonyl (C=O) groups is 1. The van der Waals surface area contributed by atoms with Crippen molar-refractivity contribution >= 4 is 27.2 Å². The van der Waals surface area contributed by atoms with E-state index in [2.05, 4.69) is 19.7 Å². The third-order valence-corrected chi connectivity index (χ3v) is 10.2. The van der Waals surface area contributed by atoms with Crippen molar-refractivity contribution in [2.45, 2.75) is 49.2 Å². The summed E-state index contributed by atoms with van der Waals surface area (Å²) in [6.45, 7) is 4.74. The maximum Gasteiger partial charge on any atom is 0.274 e. The lowest BCUT2D eigenvalue weighted by Gasteiger charge is -2.44. The van der Waals surface area contributed by atoms with Gasteiger partial charge in [0.25, 0.3) is 12.3 Å². The van der Waals surface area contributed by atoms with Crippen LogP contribution in [0.3, 0.4) is 0 Å². The molecule has 0 aliphatic carbocycles. The van der Waals surface area contributed by atoms with Crippen LogP contribution in [0.15, 0.2) is 45.9 Å². The number of alkyl halides is 2. The zero-order valence-electron chi connectivity index (χ0n) is 19.4. The van der Waals surface area contributed by atoms with Gasteiger partial charge in [-0.1, -0.05) is 0 Å². The largest absolute Gasteiger partial charge is 0.486 e. The highest BCUT2D eigenvalue weighted by atomic mass is 32.2. The normalized spacial score (nSPS) is 27.1. The summed E-state index contributed by atoms with van der Waals surface area (Å²) in [6, 6.07) is 6.70. The van der Waals surface area contributed by atoms with Crippen LogP contribution in [0, 0.1) is 5.82 Å². The summed E-state index contributed by atoms with van der Waals surface area (Å²) in [7, 11) is -2.84. The Morgan fingerprint density at radius 1 is 1.29 bits per heavy atom. The van der Waals surface area contributed by atoms with Gasteiger partial charge in [-0.05, 0) is 57.5 Å². The van der Waals surface area contributed by atoms with Gasteiger partial charge in [-0.25, -0.2) is 26.7 Å². The molecule has 3 heterocycles. The quantitative estimate of drug-likeness (QED) is 0.615. The van der Waals surface area contributed by atoms with E-state index in [1.807, 2.05) is 0 Å². The molecule has 0 fully saturated rings. The van der Waals surface area contributed by atoms with E-state index in [0.717, 1.165) is 6.20 Å². The monoisotopic (exact) mass is 509 g/mol. The Morgan fingerprint density at radius 2 is 2.03 bits per heavy atom. The average Bonchev–Trinajstić information content (AvgIpc) is 3.23. The van der Waals surface area contributed by atoms with Crippen molar-refractivity contribution in [3.63, 3.8) is 0 Å². The van der Waals surface area contributed by atoms with Crippen molar-refractivity contribution in [3.05, 3.63) is 53.6 Å². The third kappa shape index (κ3) is 4.24. The fourth-order valence-electron chi connectivity index (χ4n) is 4.45. The molecule has 8 nitrogen and oxygen atoms in total. The van der Waals surface area contributed by atoms with E-state index in [9.17, 15) is 17.8 Å². The first-order chi connectivity index (χ1) is 16.4. The highest BCUT2D eigenvalue weighted by molar-refractivity contribution is 7.96. The van der Waals surface area contributed by atoms with Gasteiger partial charge in [0, 0.05) is 17.8 Å². The molecule has 3 N–H and O–H groups in total. The molecule has 1 aromatic heterocycles. The molecular formula is C23H26F3N5O3S. The molecule has 1 unspecified atom stereocenters. The summed E-state index contributed by atoms with van der Waals surface area (Å²) in [5.41, 5.74) is 5.40. The van der Waals surface area contributed by atoms with Crippen molar-refractivity contribution in [1.82, 2.24) is 4.98 Å². The first-order valence-corrected chi connectivity index (χ1v) is 12.5. The fraction of sp³-hybridized carbons (Fsp3) is 0.435. The lowest BCUT2D eigenvalue weighted by atomic mass is 9.85. The second-order valence-corrected chi connectivity index (χ2v) is 12.1. The molecule has 188 valence electrons. The number of anilines is 1. The first kappa shape index (κ1) is 25.0. The Bertz CT molecular complexity index is 1310. The van der Waals surface area contributed by atoms with E-state index in [1.165, 1.54) is 30.3 Å². The van der Waals surface area contributed by atoms with Crippen LogP contribution in [0.25, 0.3) is 0 Å². The van der Waals surface area contributed by atoms with E-state index in [1.54, 1.807) is 20.8 Å². The Balaban J connectivity index is 1.63. The molecule has 2 aliphatic rings. The zero-order valence-corrected chi connectivity index (χ0v) is 20.2. The number of aliphatic imine (C=N–C) groups is 1. The number of amidine groups is 1. The Hall–Kier alpha value is -3.15. The number of nitrogens with two attached hydrogens (primary N) is 1. The van der Waals surface area contributed by atoms with E-state index < -0.39 is 50.0 Å². The number of pyridine rings is 1. The topological polar surface area (TPSA) is 119 Å². The number of hydrogen-bond acceptors (Lipinski definition) is 7. The van der Waals surface area contributed by atoms with Gasteiger partial charge in [-0.2, -0.15) is 0 Å². The number of ether oxygens (including phenoxy) is 1. The highest BCUT2D eigenvalue weighted by Crippen LogP contribution is 2.48. The number of carbonyl (C=O) groups excluding carboxylic acids is 1. The molecule has 12 heteroatoms. The standard InChI is InChI=1S/C23H26F3N5O3S/c1-22(2)21(27)31-23(3,18-8-9-29-35(18,22)33)15-10-13(4-6-16(15)24)30-20(32)17-7-5-14(11-28-17)34-12-19(25)26/h4-7,10-11,18-19H,8-9,12H2,1-3H3,(H2,27,31)(H,30,32)/t18-,23+,35?/m0/s1. The van der Waals surface area contributed by atoms with Gasteiger partial charge in [0.15, 0.2) is 0 Å². The lowest BCUT2D eigenvalue weighted by molar-refractivity contribution is 0.0816. The van der Waals surface area contributed by atoms with Gasteiger partial charge < -0.3 is 15.8 Å². The van der Waals surface area contributed by atoms with Gasteiger partial charge in [-0.3, -0.25) is 9.79 Å². The molecule has 0 bridgehead atoms. The van der Waals surface area contributed by atoms with E-state index >= 15 is 4.39 Å². The Kier molecular flexibility index (Phi) is 6.28. The summed E-state index contributed by atoms with van der Waals surface area (Å²) < 4.78 is 61.9. The number of aromatic nitrogens is 1. The van der Waals surface area contributed by atoms with E-state index in [0.29, 0.717) is 13.0 Å². The smallest absolute Gasteiger partial charge is 0.274 e. The molecule has 2 aromatic rings. The minimum Gasteiger partial charge on any atom is -0.486 e. The molecule has 1 amide bonds. The minimum atomic E-state index is -2.84. The molecule has 0 saturated heterocycles. The van der Waals surface area contributed by atoms with Crippen LogP contribution < -0.4 is 15.8 Å². The van der Waals surface area contributed by atoms with Gasteiger partial charge >= 0.3 is 0 Å². The van der Waals surface area contributed by atoms with Gasteiger partial charge in [0.2, 0.25) is 0 Å². The van der Waals surface area contributed by atoms with Crippen LogP contribution in [0.5, 0.6) is 5.75 Å². The summed E-state index contributed by atoms with van der Waals surface area (Å²) in [5.74, 6) is -0.936. The molecular weight excluding hydrogens is 483 g/mol. The summed E-state index contributed by atoms with van der Waals surface area (Å²) in [5, 5.41) is 2.09. The van der Waals surface area contributed by atoms with Crippen molar-refractivity contribution in [3.8, 4) is 5.75 Å². The molecule has 4 rings (SSSR count). The van der Waals surface area contributed by atoms with Crippen molar-refractivity contribution in [1.29, 1.82) is 0 Å².